The molecule has 0 aliphatic carbocycles. The Bertz CT molecular complexity index is 581. The largest absolute Gasteiger partial charge is 0.468 e. The minimum Gasteiger partial charge on any atom is -0.468 e. The predicted molar refractivity (Wildman–Crippen MR) is 78.4 cm³/mol. The fraction of sp³-hybridized carbons (Fsp3) is 0.500. The van der Waals surface area contributed by atoms with Crippen LogP contribution in [0.5, 0.6) is 0 Å². The molecule has 6 heteroatoms. The molecule has 0 fully saturated rings. The van der Waals surface area contributed by atoms with E-state index in [1.807, 2.05) is 32.0 Å². The molecule has 1 atom stereocenters. The second-order valence-electron chi connectivity index (χ2n) is 4.83. The maximum absolute atomic E-state index is 12.0. The van der Waals surface area contributed by atoms with Gasteiger partial charge in [-0.15, -0.1) is 0 Å². The first-order valence-electron chi connectivity index (χ1n) is 6.30. The molecule has 0 heterocycles. The number of methoxy groups -OCH3 is 1. The molecule has 112 valence electrons. The summed E-state index contributed by atoms with van der Waals surface area (Å²) in [6.07, 6.45) is 0. The maximum Gasteiger partial charge on any atom is 0.320 e. The number of ether oxygens (including phenoxy) is 1. The van der Waals surface area contributed by atoms with Crippen molar-refractivity contribution >= 4 is 15.8 Å². The van der Waals surface area contributed by atoms with Gasteiger partial charge >= 0.3 is 5.97 Å². The number of rotatable bonds is 6. The molecule has 5 nitrogen and oxygen atoms in total. The summed E-state index contributed by atoms with van der Waals surface area (Å²) >= 11 is 0. The lowest BCUT2D eigenvalue weighted by molar-refractivity contribution is -0.137. The molecular formula is C14H21NO4S. The highest BCUT2D eigenvalue weighted by molar-refractivity contribution is 7.92. The second kappa shape index (κ2) is 6.85. The number of aryl methyl sites for hydroxylation is 2. The number of nitrogens with one attached hydrogen (secondary N) is 1. The lowest BCUT2D eigenvalue weighted by atomic mass is 10.0. The van der Waals surface area contributed by atoms with E-state index in [0.717, 1.165) is 16.7 Å². The molecule has 20 heavy (non-hydrogen) atoms. The van der Waals surface area contributed by atoms with Gasteiger partial charge in [0.05, 0.1) is 12.9 Å². The SMILES string of the molecule is CNC(CS(=O)(=O)CC(=O)OC)c1cc(C)ccc1C. The fourth-order valence-electron chi connectivity index (χ4n) is 2.02. The summed E-state index contributed by atoms with van der Waals surface area (Å²) in [6.45, 7) is 3.89. The third kappa shape index (κ3) is 4.61. The third-order valence-corrected chi connectivity index (χ3v) is 4.66. The van der Waals surface area contributed by atoms with Gasteiger partial charge in [-0.1, -0.05) is 23.8 Å². The molecule has 0 saturated heterocycles. The highest BCUT2D eigenvalue weighted by Gasteiger charge is 2.24. The third-order valence-electron chi connectivity index (χ3n) is 3.14. The number of benzene rings is 1. The Labute approximate surface area is 120 Å². The van der Waals surface area contributed by atoms with Crippen molar-refractivity contribution in [3.63, 3.8) is 0 Å². The number of sulfone groups is 1. The summed E-state index contributed by atoms with van der Waals surface area (Å²) in [4.78, 5) is 11.1. The molecule has 0 aromatic heterocycles. The van der Waals surface area contributed by atoms with Crippen LogP contribution in [-0.2, 0) is 19.4 Å². The summed E-state index contributed by atoms with van der Waals surface area (Å²) in [5, 5.41) is 3.00. The first-order chi connectivity index (χ1) is 9.29. The van der Waals surface area contributed by atoms with Gasteiger partial charge in [0.2, 0.25) is 0 Å². The molecule has 0 aliphatic heterocycles. The van der Waals surface area contributed by atoms with E-state index in [1.54, 1.807) is 7.05 Å². The average molecular weight is 299 g/mol. The van der Waals surface area contributed by atoms with Crippen molar-refractivity contribution in [2.24, 2.45) is 0 Å². The molecule has 0 radical (unpaired) electrons. The zero-order valence-electron chi connectivity index (χ0n) is 12.3. The van der Waals surface area contributed by atoms with Crippen molar-refractivity contribution in [3.8, 4) is 0 Å². The standard InChI is InChI=1S/C14H21NO4S/c1-10-5-6-11(2)12(7-10)13(15-3)8-20(17,18)9-14(16)19-4/h5-7,13,15H,8-9H2,1-4H3. The van der Waals surface area contributed by atoms with Crippen LogP contribution in [0.4, 0.5) is 0 Å². The van der Waals surface area contributed by atoms with Crippen LogP contribution < -0.4 is 5.32 Å². The minimum absolute atomic E-state index is 0.136. The highest BCUT2D eigenvalue weighted by atomic mass is 32.2. The van der Waals surface area contributed by atoms with Crippen LogP contribution in [0.3, 0.4) is 0 Å². The van der Waals surface area contributed by atoms with Crippen LogP contribution in [0.1, 0.15) is 22.7 Å². The Morgan fingerprint density at radius 2 is 2.00 bits per heavy atom. The predicted octanol–water partition coefficient (Wildman–Crippen LogP) is 1.15. The molecular weight excluding hydrogens is 278 g/mol. The number of hydrogen-bond donors (Lipinski definition) is 1. The van der Waals surface area contributed by atoms with Gasteiger partial charge in [-0.2, -0.15) is 0 Å². The zero-order valence-corrected chi connectivity index (χ0v) is 13.1. The van der Waals surface area contributed by atoms with E-state index in [0.29, 0.717) is 0 Å². The Balaban J connectivity index is 2.97. The van der Waals surface area contributed by atoms with Crippen molar-refractivity contribution < 1.29 is 17.9 Å². The number of carbonyl (C=O) groups excluding carboxylic acids is 1. The molecule has 0 bridgehead atoms. The van der Waals surface area contributed by atoms with Gasteiger partial charge in [0, 0.05) is 6.04 Å². The van der Waals surface area contributed by atoms with Crippen molar-refractivity contribution in [2.45, 2.75) is 19.9 Å². The second-order valence-corrected chi connectivity index (χ2v) is 6.94. The summed E-state index contributed by atoms with van der Waals surface area (Å²) < 4.78 is 28.4. The van der Waals surface area contributed by atoms with E-state index in [2.05, 4.69) is 10.1 Å². The Hall–Kier alpha value is -1.40. The van der Waals surface area contributed by atoms with Gasteiger partial charge in [0.1, 0.15) is 5.75 Å². The first-order valence-corrected chi connectivity index (χ1v) is 8.13. The van der Waals surface area contributed by atoms with Gasteiger partial charge in [-0.25, -0.2) is 8.42 Å². The summed E-state index contributed by atoms with van der Waals surface area (Å²) in [5.74, 6) is -1.46. The highest BCUT2D eigenvalue weighted by Crippen LogP contribution is 2.21. The Morgan fingerprint density at radius 3 is 2.55 bits per heavy atom. The van der Waals surface area contributed by atoms with Crippen molar-refractivity contribution in [2.75, 3.05) is 25.7 Å². The van der Waals surface area contributed by atoms with E-state index in [9.17, 15) is 13.2 Å². The van der Waals surface area contributed by atoms with Gasteiger partial charge in [0.25, 0.3) is 0 Å². The van der Waals surface area contributed by atoms with Gasteiger partial charge in [-0.3, -0.25) is 4.79 Å². The number of carbonyl (C=O) groups is 1. The molecule has 0 amide bonds. The van der Waals surface area contributed by atoms with Crippen molar-refractivity contribution in [1.29, 1.82) is 0 Å². The smallest absolute Gasteiger partial charge is 0.320 e. The molecule has 1 N–H and O–H groups in total. The number of esters is 1. The average Bonchev–Trinajstić information content (AvgIpc) is 2.38. The quantitative estimate of drug-likeness (QED) is 0.798. The van der Waals surface area contributed by atoms with Crippen LogP contribution in [-0.4, -0.2) is 40.1 Å². The van der Waals surface area contributed by atoms with Crippen LogP contribution in [0.15, 0.2) is 18.2 Å². The number of hydrogen-bond acceptors (Lipinski definition) is 5. The minimum atomic E-state index is -3.52. The van der Waals surface area contributed by atoms with Gasteiger partial charge < -0.3 is 10.1 Å². The van der Waals surface area contributed by atoms with Gasteiger partial charge in [0.15, 0.2) is 9.84 Å². The Morgan fingerprint density at radius 1 is 1.35 bits per heavy atom. The molecule has 1 aromatic carbocycles. The maximum atomic E-state index is 12.0. The molecule has 1 unspecified atom stereocenters. The first kappa shape index (κ1) is 16.7. The molecule has 0 saturated carbocycles. The fourth-order valence-corrected chi connectivity index (χ4v) is 3.46. The van der Waals surface area contributed by atoms with E-state index < -0.39 is 21.6 Å². The molecule has 1 rings (SSSR count). The van der Waals surface area contributed by atoms with Gasteiger partial charge in [-0.05, 0) is 32.0 Å². The lowest BCUT2D eigenvalue weighted by Crippen LogP contribution is -2.29. The van der Waals surface area contributed by atoms with Crippen LogP contribution in [0, 0.1) is 13.8 Å². The van der Waals surface area contributed by atoms with E-state index in [1.165, 1.54) is 7.11 Å². The monoisotopic (exact) mass is 299 g/mol. The summed E-state index contributed by atoms with van der Waals surface area (Å²) in [7, 11) is -0.632. The van der Waals surface area contributed by atoms with Crippen LogP contribution in [0.25, 0.3) is 0 Å². The topological polar surface area (TPSA) is 72.5 Å². The molecule has 1 aromatic rings. The normalized spacial score (nSPS) is 13.0. The Kier molecular flexibility index (Phi) is 5.71. The van der Waals surface area contributed by atoms with Crippen molar-refractivity contribution in [1.82, 2.24) is 5.32 Å². The van der Waals surface area contributed by atoms with Crippen LogP contribution in [0.2, 0.25) is 0 Å². The molecule has 0 spiro atoms. The van der Waals surface area contributed by atoms with Crippen molar-refractivity contribution in [3.05, 3.63) is 34.9 Å². The van der Waals surface area contributed by atoms with E-state index >= 15 is 0 Å². The van der Waals surface area contributed by atoms with Crippen LogP contribution >= 0.6 is 0 Å². The zero-order chi connectivity index (χ0) is 15.3. The van der Waals surface area contributed by atoms with E-state index in [4.69, 9.17) is 0 Å². The summed E-state index contributed by atoms with van der Waals surface area (Å²) in [5.41, 5.74) is 3.01. The summed E-state index contributed by atoms with van der Waals surface area (Å²) in [6, 6.07) is 5.56. The van der Waals surface area contributed by atoms with E-state index in [-0.39, 0.29) is 11.8 Å². The lowest BCUT2D eigenvalue weighted by Gasteiger charge is -2.19. The molecule has 0 aliphatic rings.